The Bertz CT molecular complexity index is 421. The first-order valence-electron chi connectivity index (χ1n) is 6.78. The Morgan fingerprint density at radius 1 is 1.33 bits per heavy atom. The second kappa shape index (κ2) is 5.17. The molecule has 0 aromatic heterocycles. The van der Waals surface area contributed by atoms with Gasteiger partial charge in [-0.15, -0.1) is 0 Å². The lowest BCUT2D eigenvalue weighted by Crippen LogP contribution is -2.48. The van der Waals surface area contributed by atoms with E-state index >= 15 is 0 Å². The molecule has 2 rings (SSSR count). The number of carbonyl (C=O) groups excluding carboxylic acids is 1. The van der Waals surface area contributed by atoms with Crippen LogP contribution < -0.4 is 5.73 Å². The molecule has 0 spiro atoms. The zero-order valence-corrected chi connectivity index (χ0v) is 11.7. The molecule has 0 radical (unpaired) electrons. The lowest BCUT2D eigenvalue weighted by Gasteiger charge is -2.32. The van der Waals surface area contributed by atoms with Gasteiger partial charge in [-0.1, -0.05) is 19.8 Å². The van der Waals surface area contributed by atoms with Gasteiger partial charge in [0.15, 0.2) is 0 Å². The highest BCUT2D eigenvalue weighted by molar-refractivity contribution is 7.89. The summed E-state index contributed by atoms with van der Waals surface area (Å²) in [6.07, 6.45) is 5.26. The standard InChI is InChI=1S/C12H22N2O3S/c1-2-7-18(16,17)14-10-6-4-3-5-9(10)8-11(14)12(13)15/h9-11H,2-8H2,1H3,(H2,13,15)/t9-,10+,11+/m1/s1. The number of fused-ring (bicyclic) bond motifs is 1. The van der Waals surface area contributed by atoms with Crippen molar-refractivity contribution in [3.63, 3.8) is 0 Å². The second-order valence-electron chi connectivity index (χ2n) is 5.41. The molecule has 0 bridgehead atoms. The SMILES string of the molecule is CCCS(=O)(=O)N1[C@H](C(N)=O)C[C@H]2CCCC[C@@H]21. The van der Waals surface area contributed by atoms with Crippen LogP contribution in [0.25, 0.3) is 0 Å². The first-order valence-corrected chi connectivity index (χ1v) is 8.39. The summed E-state index contributed by atoms with van der Waals surface area (Å²) in [6.45, 7) is 1.84. The van der Waals surface area contributed by atoms with Crippen molar-refractivity contribution in [2.45, 2.75) is 57.5 Å². The first kappa shape index (κ1) is 13.8. The number of carbonyl (C=O) groups is 1. The monoisotopic (exact) mass is 274 g/mol. The van der Waals surface area contributed by atoms with Crippen molar-refractivity contribution in [3.8, 4) is 0 Å². The number of sulfonamides is 1. The molecular formula is C12H22N2O3S. The van der Waals surface area contributed by atoms with E-state index in [9.17, 15) is 13.2 Å². The summed E-state index contributed by atoms with van der Waals surface area (Å²) < 4.78 is 26.1. The summed E-state index contributed by atoms with van der Waals surface area (Å²) in [5.74, 6) is -0.0630. The molecule has 1 heterocycles. The number of rotatable bonds is 4. The average molecular weight is 274 g/mol. The number of hydrogen-bond donors (Lipinski definition) is 1. The van der Waals surface area contributed by atoms with Crippen LogP contribution in [0.4, 0.5) is 0 Å². The van der Waals surface area contributed by atoms with Crippen molar-refractivity contribution in [2.75, 3.05) is 5.75 Å². The molecule has 3 atom stereocenters. The Kier molecular flexibility index (Phi) is 3.96. The van der Waals surface area contributed by atoms with Gasteiger partial charge in [-0.3, -0.25) is 4.79 Å². The van der Waals surface area contributed by atoms with Gasteiger partial charge in [-0.25, -0.2) is 8.42 Å². The van der Waals surface area contributed by atoms with E-state index in [1.807, 2.05) is 6.92 Å². The molecule has 1 amide bonds. The molecule has 5 nitrogen and oxygen atoms in total. The predicted octanol–water partition coefficient (Wildman–Crippen LogP) is 0.845. The van der Waals surface area contributed by atoms with Crippen molar-refractivity contribution in [1.82, 2.24) is 4.31 Å². The van der Waals surface area contributed by atoms with Gasteiger partial charge < -0.3 is 5.73 Å². The van der Waals surface area contributed by atoms with E-state index in [4.69, 9.17) is 5.73 Å². The molecule has 0 aromatic carbocycles. The minimum absolute atomic E-state index is 0.00722. The van der Waals surface area contributed by atoms with Crippen molar-refractivity contribution in [1.29, 1.82) is 0 Å². The fraction of sp³-hybridized carbons (Fsp3) is 0.917. The van der Waals surface area contributed by atoms with Crippen molar-refractivity contribution in [3.05, 3.63) is 0 Å². The smallest absolute Gasteiger partial charge is 0.235 e. The maximum Gasteiger partial charge on any atom is 0.235 e. The fourth-order valence-corrected chi connectivity index (χ4v) is 5.42. The summed E-state index contributed by atoms with van der Waals surface area (Å²) in [4.78, 5) is 11.5. The topological polar surface area (TPSA) is 80.5 Å². The van der Waals surface area contributed by atoms with Gasteiger partial charge in [0, 0.05) is 6.04 Å². The minimum atomic E-state index is -3.34. The van der Waals surface area contributed by atoms with Crippen LogP contribution in [0.5, 0.6) is 0 Å². The second-order valence-corrected chi connectivity index (χ2v) is 7.41. The molecule has 2 fully saturated rings. The van der Waals surface area contributed by atoms with Gasteiger partial charge in [0.1, 0.15) is 6.04 Å². The lowest BCUT2D eigenvalue weighted by molar-refractivity contribution is -0.121. The molecule has 2 aliphatic rings. The molecule has 6 heteroatoms. The van der Waals surface area contributed by atoms with E-state index in [2.05, 4.69) is 0 Å². The van der Waals surface area contributed by atoms with Crippen molar-refractivity contribution in [2.24, 2.45) is 11.7 Å². The molecule has 18 heavy (non-hydrogen) atoms. The highest BCUT2D eigenvalue weighted by Crippen LogP contribution is 2.41. The van der Waals surface area contributed by atoms with Crippen LogP contribution in [0, 0.1) is 5.92 Å². The molecule has 1 saturated carbocycles. The van der Waals surface area contributed by atoms with Gasteiger partial charge in [0.05, 0.1) is 5.75 Å². The number of nitrogens with two attached hydrogens (primary N) is 1. The molecule has 0 unspecified atom stereocenters. The molecule has 1 aliphatic carbocycles. The van der Waals surface area contributed by atoms with Crippen LogP contribution in [0.15, 0.2) is 0 Å². The molecule has 2 N–H and O–H groups in total. The average Bonchev–Trinajstić information content (AvgIpc) is 2.68. The highest BCUT2D eigenvalue weighted by atomic mass is 32.2. The van der Waals surface area contributed by atoms with E-state index < -0.39 is 22.0 Å². The zero-order chi connectivity index (χ0) is 13.3. The largest absolute Gasteiger partial charge is 0.368 e. The Morgan fingerprint density at radius 2 is 2.00 bits per heavy atom. The van der Waals surface area contributed by atoms with Crippen LogP contribution in [-0.4, -0.2) is 36.5 Å². The van der Waals surface area contributed by atoms with Gasteiger partial charge >= 0.3 is 0 Å². The maximum atomic E-state index is 12.3. The van der Waals surface area contributed by atoms with Crippen molar-refractivity contribution >= 4 is 15.9 Å². The van der Waals surface area contributed by atoms with Crippen LogP contribution in [0.3, 0.4) is 0 Å². The molecule has 1 saturated heterocycles. The third kappa shape index (κ3) is 2.40. The van der Waals surface area contributed by atoms with Gasteiger partial charge in [-0.2, -0.15) is 4.31 Å². The molecule has 1 aliphatic heterocycles. The van der Waals surface area contributed by atoms with E-state index in [0.29, 0.717) is 18.8 Å². The summed E-state index contributed by atoms with van der Waals surface area (Å²) >= 11 is 0. The molecule has 104 valence electrons. The summed E-state index contributed by atoms with van der Waals surface area (Å²) in [5.41, 5.74) is 5.39. The molecular weight excluding hydrogens is 252 g/mol. The predicted molar refractivity (Wildman–Crippen MR) is 69.3 cm³/mol. The Morgan fingerprint density at radius 3 is 2.61 bits per heavy atom. The van der Waals surface area contributed by atoms with Crippen LogP contribution in [0.1, 0.15) is 45.4 Å². The first-order chi connectivity index (χ1) is 8.47. The fourth-order valence-electron chi connectivity index (χ4n) is 3.42. The quantitative estimate of drug-likeness (QED) is 0.825. The summed E-state index contributed by atoms with van der Waals surface area (Å²) in [5, 5.41) is 0. The van der Waals surface area contributed by atoms with E-state index in [1.54, 1.807) is 0 Å². The van der Waals surface area contributed by atoms with E-state index in [1.165, 1.54) is 4.31 Å². The lowest BCUT2D eigenvalue weighted by atomic mass is 9.85. The number of hydrogen-bond acceptors (Lipinski definition) is 3. The summed E-state index contributed by atoms with van der Waals surface area (Å²) in [6, 6.07) is -0.609. The maximum absolute atomic E-state index is 12.3. The van der Waals surface area contributed by atoms with Crippen LogP contribution in [-0.2, 0) is 14.8 Å². The zero-order valence-electron chi connectivity index (χ0n) is 10.8. The Labute approximate surface area is 109 Å². The normalized spacial score (nSPS) is 33.3. The van der Waals surface area contributed by atoms with Gasteiger partial charge in [0.2, 0.25) is 15.9 Å². The van der Waals surface area contributed by atoms with Crippen molar-refractivity contribution < 1.29 is 13.2 Å². The number of primary amides is 1. The summed E-state index contributed by atoms with van der Waals surface area (Å²) in [7, 11) is -3.34. The third-order valence-electron chi connectivity index (χ3n) is 4.14. The Balaban J connectivity index is 2.30. The van der Waals surface area contributed by atoms with E-state index in [-0.39, 0.29) is 11.8 Å². The Hall–Kier alpha value is -0.620. The highest BCUT2D eigenvalue weighted by Gasteiger charge is 2.49. The minimum Gasteiger partial charge on any atom is -0.368 e. The van der Waals surface area contributed by atoms with E-state index in [0.717, 1.165) is 25.7 Å². The number of nitrogens with zero attached hydrogens (tertiary/aromatic N) is 1. The van der Waals surface area contributed by atoms with Gasteiger partial charge in [0.25, 0.3) is 0 Å². The van der Waals surface area contributed by atoms with Crippen LogP contribution in [0.2, 0.25) is 0 Å². The third-order valence-corrected chi connectivity index (χ3v) is 6.23. The molecule has 0 aromatic rings. The van der Waals surface area contributed by atoms with Crippen LogP contribution >= 0.6 is 0 Å². The number of amides is 1. The van der Waals surface area contributed by atoms with Gasteiger partial charge in [-0.05, 0) is 31.6 Å².